The summed E-state index contributed by atoms with van der Waals surface area (Å²) in [5.74, 6) is 0.218. The van der Waals surface area contributed by atoms with Crippen LogP contribution in [0.25, 0.3) is 10.9 Å². The van der Waals surface area contributed by atoms with Crippen LogP contribution in [-0.4, -0.2) is 24.5 Å². The molecule has 1 N–H and O–H groups in total. The number of aromatic nitrogens is 1. The molecule has 0 spiro atoms. The molecule has 2 heterocycles. The van der Waals surface area contributed by atoms with Gasteiger partial charge in [-0.05, 0) is 29.8 Å². The number of nitrogens with one attached hydrogen (secondary N) is 1. The van der Waals surface area contributed by atoms with Crippen molar-refractivity contribution < 1.29 is 22.3 Å². The van der Waals surface area contributed by atoms with E-state index in [1.807, 2.05) is 6.07 Å². The second-order valence-corrected chi connectivity index (χ2v) is 9.51. The first-order valence-electron chi connectivity index (χ1n) is 10.2. The summed E-state index contributed by atoms with van der Waals surface area (Å²) < 4.78 is 53.1. The van der Waals surface area contributed by atoms with Gasteiger partial charge in [0.2, 0.25) is 16.8 Å². The van der Waals surface area contributed by atoms with Crippen LogP contribution in [0.5, 0.6) is 11.5 Å². The molecule has 0 fully saturated rings. The zero-order valence-corrected chi connectivity index (χ0v) is 18.1. The van der Waals surface area contributed by atoms with Crippen LogP contribution < -0.4 is 15.0 Å². The van der Waals surface area contributed by atoms with Gasteiger partial charge in [-0.2, -0.15) is 4.31 Å². The van der Waals surface area contributed by atoms with Crippen molar-refractivity contribution in [3.63, 3.8) is 0 Å². The highest BCUT2D eigenvalue weighted by molar-refractivity contribution is 7.89. The van der Waals surface area contributed by atoms with E-state index in [1.165, 1.54) is 18.2 Å². The third kappa shape index (κ3) is 4.08. The number of H-pyrrole nitrogens is 1. The van der Waals surface area contributed by atoms with E-state index >= 15 is 0 Å². The fourth-order valence-corrected chi connectivity index (χ4v) is 5.23. The van der Waals surface area contributed by atoms with Crippen molar-refractivity contribution in [2.75, 3.05) is 6.79 Å². The molecule has 0 aliphatic carbocycles. The standard InChI is InChI=1S/C24H19FN2O5S/c25-19-8-4-5-9-23(19)33(29,30)27(13-16-6-2-1-3-7-16)14-18-10-17-11-21-22(32-15-31-21)12-20(17)26-24(18)28/h1-12H,13-15H2,(H,26,28). The van der Waals surface area contributed by atoms with E-state index in [2.05, 4.69) is 4.98 Å². The summed E-state index contributed by atoms with van der Waals surface area (Å²) in [7, 11) is -4.25. The van der Waals surface area contributed by atoms with Crippen molar-refractivity contribution in [3.8, 4) is 11.5 Å². The number of halogens is 1. The van der Waals surface area contributed by atoms with E-state index in [4.69, 9.17) is 9.47 Å². The number of sulfonamides is 1. The molecule has 33 heavy (non-hydrogen) atoms. The van der Waals surface area contributed by atoms with E-state index in [1.54, 1.807) is 42.5 Å². The van der Waals surface area contributed by atoms with Gasteiger partial charge in [0.15, 0.2) is 11.5 Å². The molecule has 0 unspecified atom stereocenters. The molecule has 0 atom stereocenters. The second kappa shape index (κ2) is 8.34. The third-order valence-corrected chi connectivity index (χ3v) is 7.24. The highest BCUT2D eigenvalue weighted by atomic mass is 32.2. The largest absolute Gasteiger partial charge is 0.454 e. The first-order chi connectivity index (χ1) is 15.9. The number of ether oxygens (including phenoxy) is 2. The van der Waals surface area contributed by atoms with Crippen molar-refractivity contribution in [2.24, 2.45) is 0 Å². The Morgan fingerprint density at radius 3 is 2.36 bits per heavy atom. The second-order valence-electron chi connectivity index (χ2n) is 7.61. The Balaban J connectivity index is 1.58. The summed E-state index contributed by atoms with van der Waals surface area (Å²) in [5, 5.41) is 0.664. The van der Waals surface area contributed by atoms with Gasteiger partial charge in [0, 0.05) is 30.1 Å². The Morgan fingerprint density at radius 2 is 1.61 bits per heavy atom. The van der Waals surface area contributed by atoms with E-state index < -0.39 is 26.3 Å². The number of nitrogens with zero attached hydrogens (tertiary/aromatic N) is 1. The van der Waals surface area contributed by atoms with Crippen LogP contribution in [0.2, 0.25) is 0 Å². The molecule has 168 valence electrons. The Kier molecular flexibility index (Phi) is 5.35. The van der Waals surface area contributed by atoms with E-state index in [-0.39, 0.29) is 25.4 Å². The number of hydrogen-bond donors (Lipinski definition) is 1. The average molecular weight is 466 g/mol. The van der Waals surface area contributed by atoms with Crippen LogP contribution in [0.15, 0.2) is 82.5 Å². The zero-order chi connectivity index (χ0) is 23.0. The van der Waals surface area contributed by atoms with Gasteiger partial charge < -0.3 is 14.5 Å². The lowest BCUT2D eigenvalue weighted by Crippen LogP contribution is -2.33. The van der Waals surface area contributed by atoms with Gasteiger partial charge in [-0.15, -0.1) is 0 Å². The van der Waals surface area contributed by atoms with E-state index in [0.29, 0.717) is 28.0 Å². The lowest BCUT2D eigenvalue weighted by molar-refractivity contribution is 0.174. The first-order valence-corrected chi connectivity index (χ1v) is 11.6. The van der Waals surface area contributed by atoms with Crippen LogP contribution in [0.3, 0.4) is 0 Å². The number of hydrogen-bond acceptors (Lipinski definition) is 5. The van der Waals surface area contributed by atoms with Crippen LogP contribution in [-0.2, 0) is 23.1 Å². The van der Waals surface area contributed by atoms with E-state index in [0.717, 1.165) is 10.4 Å². The molecule has 9 heteroatoms. The molecular weight excluding hydrogens is 447 g/mol. The number of rotatable bonds is 6. The smallest absolute Gasteiger partial charge is 0.252 e. The monoisotopic (exact) mass is 466 g/mol. The Hall–Kier alpha value is -3.69. The molecule has 5 rings (SSSR count). The van der Waals surface area contributed by atoms with Crippen molar-refractivity contribution in [3.05, 3.63) is 100 Å². The SMILES string of the molecule is O=c1[nH]c2cc3c(cc2cc1CN(Cc1ccccc1)S(=O)(=O)c1ccccc1F)OCO3. The summed E-state index contributed by atoms with van der Waals surface area (Å²) in [6, 6.07) is 19.1. The molecule has 4 aromatic rings. The molecule has 0 saturated heterocycles. The molecule has 0 bridgehead atoms. The summed E-state index contributed by atoms with van der Waals surface area (Å²) in [5.41, 5.74) is 1.03. The minimum absolute atomic E-state index is 0.0316. The summed E-state index contributed by atoms with van der Waals surface area (Å²) in [6.45, 7) is -0.185. The molecule has 3 aromatic carbocycles. The maximum absolute atomic E-state index is 14.4. The van der Waals surface area contributed by atoms with Crippen molar-refractivity contribution in [2.45, 2.75) is 18.0 Å². The quantitative estimate of drug-likeness (QED) is 0.467. The molecule has 0 amide bonds. The van der Waals surface area contributed by atoms with Gasteiger partial charge in [-0.3, -0.25) is 4.79 Å². The maximum Gasteiger partial charge on any atom is 0.252 e. The highest BCUT2D eigenvalue weighted by Gasteiger charge is 2.28. The molecule has 7 nitrogen and oxygen atoms in total. The molecule has 1 aliphatic rings. The minimum Gasteiger partial charge on any atom is -0.454 e. The number of pyridine rings is 1. The van der Waals surface area contributed by atoms with Gasteiger partial charge >= 0.3 is 0 Å². The average Bonchev–Trinajstić information content (AvgIpc) is 3.25. The topological polar surface area (TPSA) is 88.7 Å². The predicted molar refractivity (Wildman–Crippen MR) is 120 cm³/mol. The summed E-state index contributed by atoms with van der Waals surface area (Å²) >= 11 is 0. The van der Waals surface area contributed by atoms with Crippen molar-refractivity contribution in [1.82, 2.24) is 9.29 Å². The Morgan fingerprint density at radius 1 is 0.909 bits per heavy atom. The number of fused-ring (bicyclic) bond motifs is 2. The summed E-state index contributed by atoms with van der Waals surface area (Å²) in [4.78, 5) is 15.2. The fourth-order valence-electron chi connectivity index (χ4n) is 3.75. The van der Waals surface area contributed by atoms with Gasteiger partial charge in [0.05, 0.1) is 5.52 Å². The molecule has 0 saturated carbocycles. The van der Waals surface area contributed by atoms with Crippen LogP contribution in [0.1, 0.15) is 11.1 Å². The molecule has 1 aromatic heterocycles. The van der Waals surface area contributed by atoms with Crippen LogP contribution >= 0.6 is 0 Å². The highest BCUT2D eigenvalue weighted by Crippen LogP contribution is 2.35. The van der Waals surface area contributed by atoms with Crippen molar-refractivity contribution >= 4 is 20.9 Å². The maximum atomic E-state index is 14.4. The van der Waals surface area contributed by atoms with E-state index in [9.17, 15) is 17.6 Å². The van der Waals surface area contributed by atoms with Crippen molar-refractivity contribution in [1.29, 1.82) is 0 Å². The lowest BCUT2D eigenvalue weighted by Gasteiger charge is -2.22. The molecule has 0 radical (unpaired) electrons. The fraction of sp³-hybridized carbons (Fsp3) is 0.125. The van der Waals surface area contributed by atoms with Crippen LogP contribution in [0.4, 0.5) is 4.39 Å². The lowest BCUT2D eigenvalue weighted by atomic mass is 10.1. The normalized spacial score (nSPS) is 13.0. The minimum atomic E-state index is -4.25. The van der Waals surface area contributed by atoms with Gasteiger partial charge in [0.1, 0.15) is 10.7 Å². The number of benzene rings is 3. The summed E-state index contributed by atoms with van der Waals surface area (Å²) in [6.07, 6.45) is 0. The third-order valence-electron chi connectivity index (χ3n) is 5.42. The Labute approximate surface area is 189 Å². The van der Waals surface area contributed by atoms with Gasteiger partial charge in [-0.25, -0.2) is 12.8 Å². The molecule has 1 aliphatic heterocycles. The first kappa shape index (κ1) is 21.2. The molecular formula is C24H19FN2O5S. The zero-order valence-electron chi connectivity index (χ0n) is 17.3. The van der Waals surface area contributed by atoms with Gasteiger partial charge in [0.25, 0.3) is 5.56 Å². The Bertz CT molecular complexity index is 1500. The predicted octanol–water partition coefficient (Wildman–Crippen LogP) is 3.79. The number of aromatic amines is 1. The van der Waals surface area contributed by atoms with Gasteiger partial charge in [-0.1, -0.05) is 42.5 Å². The van der Waals surface area contributed by atoms with Crippen LogP contribution in [0, 0.1) is 5.82 Å².